The zero-order chi connectivity index (χ0) is 14.5. The van der Waals surface area contributed by atoms with Gasteiger partial charge in [-0.15, -0.1) is 0 Å². The van der Waals surface area contributed by atoms with Crippen LogP contribution in [0.2, 0.25) is 0 Å². The van der Waals surface area contributed by atoms with E-state index in [1.54, 1.807) is 6.92 Å². The van der Waals surface area contributed by atoms with Crippen LogP contribution in [0, 0.1) is 5.92 Å². The van der Waals surface area contributed by atoms with Crippen LogP contribution in [0.25, 0.3) is 0 Å². The summed E-state index contributed by atoms with van der Waals surface area (Å²) < 4.78 is 5.45. The van der Waals surface area contributed by atoms with Crippen molar-refractivity contribution in [2.45, 2.75) is 83.7 Å². The van der Waals surface area contributed by atoms with E-state index in [9.17, 15) is 5.11 Å². The third kappa shape index (κ3) is 3.81. The fraction of sp³-hybridized carbons (Fsp3) is 0.875. The van der Waals surface area contributed by atoms with Crippen LogP contribution in [0.3, 0.4) is 0 Å². The molecule has 1 aromatic heterocycles. The van der Waals surface area contributed by atoms with Crippen molar-refractivity contribution in [3.8, 4) is 0 Å². The summed E-state index contributed by atoms with van der Waals surface area (Å²) in [6.07, 6.45) is 8.41. The van der Waals surface area contributed by atoms with Crippen LogP contribution in [0.5, 0.6) is 0 Å². The van der Waals surface area contributed by atoms with Crippen molar-refractivity contribution >= 4 is 0 Å². The van der Waals surface area contributed by atoms with E-state index in [-0.39, 0.29) is 5.92 Å². The number of nitrogens with zero attached hydrogens (tertiary/aromatic N) is 2. The first kappa shape index (κ1) is 15.5. The molecule has 2 unspecified atom stereocenters. The average molecular weight is 280 g/mol. The third-order valence-electron chi connectivity index (χ3n) is 4.45. The number of rotatable bonds is 4. The first-order valence-corrected chi connectivity index (χ1v) is 8.11. The van der Waals surface area contributed by atoms with E-state index < -0.39 is 6.10 Å². The Labute approximate surface area is 122 Å². The summed E-state index contributed by atoms with van der Waals surface area (Å²) in [6.45, 7) is 5.96. The van der Waals surface area contributed by atoms with E-state index in [0.29, 0.717) is 17.7 Å². The van der Waals surface area contributed by atoms with Gasteiger partial charge in [-0.1, -0.05) is 51.1 Å². The van der Waals surface area contributed by atoms with Crippen molar-refractivity contribution < 1.29 is 9.63 Å². The second-order valence-electron chi connectivity index (χ2n) is 6.54. The highest BCUT2D eigenvalue weighted by Crippen LogP contribution is 2.32. The van der Waals surface area contributed by atoms with Crippen molar-refractivity contribution in [1.29, 1.82) is 0 Å². The van der Waals surface area contributed by atoms with E-state index >= 15 is 0 Å². The van der Waals surface area contributed by atoms with E-state index in [1.807, 2.05) is 0 Å². The van der Waals surface area contributed by atoms with Crippen molar-refractivity contribution in [2.75, 3.05) is 0 Å². The van der Waals surface area contributed by atoms with Crippen LogP contribution in [-0.2, 0) is 0 Å². The molecule has 0 saturated heterocycles. The highest BCUT2D eigenvalue weighted by Gasteiger charge is 2.28. The van der Waals surface area contributed by atoms with E-state index in [4.69, 9.17) is 4.52 Å². The summed E-state index contributed by atoms with van der Waals surface area (Å²) in [6, 6.07) is 0. The molecule has 114 valence electrons. The molecule has 1 N–H and O–H groups in total. The normalized spacial score (nSPS) is 21.4. The molecule has 4 nitrogen and oxygen atoms in total. The molecule has 1 aliphatic carbocycles. The average Bonchev–Trinajstić information content (AvgIpc) is 2.76. The lowest BCUT2D eigenvalue weighted by Crippen LogP contribution is -2.20. The molecule has 0 radical (unpaired) electrons. The highest BCUT2D eigenvalue weighted by molar-refractivity contribution is 5.02. The molecular weight excluding hydrogens is 252 g/mol. The molecular formula is C16H28N2O2. The molecule has 1 heterocycles. The summed E-state index contributed by atoms with van der Waals surface area (Å²) in [4.78, 5) is 4.61. The molecule has 0 spiro atoms. The van der Waals surface area contributed by atoms with E-state index in [0.717, 1.165) is 5.82 Å². The Hall–Kier alpha value is -0.900. The lowest BCUT2D eigenvalue weighted by Gasteiger charge is -2.19. The first-order chi connectivity index (χ1) is 9.59. The quantitative estimate of drug-likeness (QED) is 0.905. The molecule has 1 aromatic rings. The molecule has 0 aromatic carbocycles. The molecule has 0 amide bonds. The number of hydrogen-bond donors (Lipinski definition) is 1. The van der Waals surface area contributed by atoms with Gasteiger partial charge in [-0.25, -0.2) is 0 Å². The van der Waals surface area contributed by atoms with Gasteiger partial charge in [0.25, 0.3) is 0 Å². The van der Waals surface area contributed by atoms with Crippen LogP contribution in [0.4, 0.5) is 0 Å². The second-order valence-corrected chi connectivity index (χ2v) is 6.54. The molecule has 1 aliphatic rings. The van der Waals surface area contributed by atoms with Crippen LogP contribution >= 0.6 is 0 Å². The lowest BCUT2D eigenvalue weighted by molar-refractivity contribution is 0.120. The summed E-state index contributed by atoms with van der Waals surface area (Å²) >= 11 is 0. The Kier molecular flexibility index (Phi) is 5.58. The van der Waals surface area contributed by atoms with Crippen molar-refractivity contribution in [3.05, 3.63) is 11.7 Å². The van der Waals surface area contributed by atoms with E-state index in [2.05, 4.69) is 24.0 Å². The predicted molar refractivity (Wildman–Crippen MR) is 78.6 cm³/mol. The Balaban J connectivity index is 2.10. The lowest BCUT2D eigenvalue weighted by atomic mass is 9.90. The Morgan fingerprint density at radius 1 is 1.05 bits per heavy atom. The molecule has 4 heteroatoms. The van der Waals surface area contributed by atoms with Gasteiger partial charge in [-0.3, -0.25) is 0 Å². The number of hydrogen-bond acceptors (Lipinski definition) is 4. The van der Waals surface area contributed by atoms with Crippen molar-refractivity contribution in [2.24, 2.45) is 5.92 Å². The van der Waals surface area contributed by atoms with Gasteiger partial charge in [0, 0.05) is 5.92 Å². The topological polar surface area (TPSA) is 59.2 Å². The van der Waals surface area contributed by atoms with Gasteiger partial charge in [-0.05, 0) is 25.7 Å². The zero-order valence-electron chi connectivity index (χ0n) is 13.0. The molecule has 1 saturated carbocycles. The van der Waals surface area contributed by atoms with Gasteiger partial charge in [0.2, 0.25) is 5.89 Å². The number of aromatic nitrogens is 2. The smallest absolute Gasteiger partial charge is 0.232 e. The molecule has 0 bridgehead atoms. The molecule has 2 rings (SSSR count). The number of aliphatic hydroxyl groups is 1. The molecule has 20 heavy (non-hydrogen) atoms. The summed E-state index contributed by atoms with van der Waals surface area (Å²) in [5.41, 5.74) is 0. The Morgan fingerprint density at radius 2 is 1.65 bits per heavy atom. The van der Waals surface area contributed by atoms with Gasteiger partial charge in [-0.2, -0.15) is 4.98 Å². The summed E-state index contributed by atoms with van der Waals surface area (Å²) in [5.74, 6) is 2.13. The van der Waals surface area contributed by atoms with Crippen molar-refractivity contribution in [3.63, 3.8) is 0 Å². The van der Waals surface area contributed by atoms with Gasteiger partial charge in [0.15, 0.2) is 5.82 Å². The van der Waals surface area contributed by atoms with Crippen LogP contribution in [-0.4, -0.2) is 21.4 Å². The van der Waals surface area contributed by atoms with Crippen LogP contribution in [0.15, 0.2) is 4.52 Å². The maximum Gasteiger partial charge on any atom is 0.232 e. The SMILES string of the molecule is CC(C)C(c1nc(C2CCCCCCC2)no1)C(C)O. The van der Waals surface area contributed by atoms with Gasteiger partial charge in [0.1, 0.15) is 0 Å². The predicted octanol–water partition coefficient (Wildman–Crippen LogP) is 4.02. The van der Waals surface area contributed by atoms with Gasteiger partial charge in [0.05, 0.1) is 12.0 Å². The number of aliphatic hydroxyl groups excluding tert-OH is 1. The Bertz CT molecular complexity index is 385. The largest absolute Gasteiger partial charge is 0.393 e. The third-order valence-corrected chi connectivity index (χ3v) is 4.45. The maximum absolute atomic E-state index is 9.91. The van der Waals surface area contributed by atoms with E-state index in [1.165, 1.54) is 44.9 Å². The minimum absolute atomic E-state index is 0.0650. The van der Waals surface area contributed by atoms with Crippen molar-refractivity contribution in [1.82, 2.24) is 10.1 Å². The molecule has 2 atom stereocenters. The Morgan fingerprint density at radius 3 is 2.20 bits per heavy atom. The minimum Gasteiger partial charge on any atom is -0.393 e. The standard InChI is InChI=1S/C16H28N2O2/c1-11(2)14(12(3)19)16-17-15(18-20-16)13-9-7-5-4-6-8-10-13/h11-14,19H,4-10H2,1-3H3. The fourth-order valence-corrected chi connectivity index (χ4v) is 3.31. The summed E-state index contributed by atoms with van der Waals surface area (Å²) in [5, 5.41) is 14.1. The first-order valence-electron chi connectivity index (χ1n) is 8.11. The summed E-state index contributed by atoms with van der Waals surface area (Å²) in [7, 11) is 0. The fourth-order valence-electron chi connectivity index (χ4n) is 3.31. The van der Waals surface area contributed by atoms with Gasteiger partial charge < -0.3 is 9.63 Å². The monoisotopic (exact) mass is 280 g/mol. The second kappa shape index (κ2) is 7.21. The highest BCUT2D eigenvalue weighted by atomic mass is 16.5. The maximum atomic E-state index is 9.91. The zero-order valence-corrected chi connectivity index (χ0v) is 13.0. The minimum atomic E-state index is -0.458. The molecule has 1 fully saturated rings. The van der Waals surface area contributed by atoms with Crippen LogP contribution in [0.1, 0.15) is 89.3 Å². The van der Waals surface area contributed by atoms with Gasteiger partial charge >= 0.3 is 0 Å². The van der Waals surface area contributed by atoms with Crippen LogP contribution < -0.4 is 0 Å². The molecule has 0 aliphatic heterocycles.